The second-order valence-corrected chi connectivity index (χ2v) is 7.21. The van der Waals surface area contributed by atoms with Crippen LogP contribution in [0.3, 0.4) is 0 Å². The van der Waals surface area contributed by atoms with Gasteiger partial charge in [-0.05, 0) is 54.1 Å². The zero-order valence-electron chi connectivity index (χ0n) is 15.4. The molecule has 7 heteroatoms. The Labute approximate surface area is 162 Å². The predicted molar refractivity (Wildman–Crippen MR) is 109 cm³/mol. The highest BCUT2D eigenvalue weighted by molar-refractivity contribution is 7.99. The average molecular weight is 384 g/mol. The number of aromatic nitrogens is 2. The van der Waals surface area contributed by atoms with E-state index in [9.17, 15) is 9.18 Å². The third-order valence-corrected chi connectivity index (χ3v) is 5.13. The normalized spacial score (nSPS) is 10.7. The fraction of sp³-hybridized carbons (Fsp3) is 0.200. The van der Waals surface area contributed by atoms with Crippen LogP contribution in [0.15, 0.2) is 59.9 Å². The topological polar surface area (TPSA) is 50.2 Å². The first-order valence-corrected chi connectivity index (χ1v) is 9.40. The molecule has 27 heavy (non-hydrogen) atoms. The van der Waals surface area contributed by atoms with Crippen molar-refractivity contribution in [3.05, 3.63) is 60.5 Å². The average Bonchev–Trinajstić information content (AvgIpc) is 3.02. The molecule has 0 aliphatic carbocycles. The van der Waals surface area contributed by atoms with E-state index in [4.69, 9.17) is 0 Å². The van der Waals surface area contributed by atoms with Crippen molar-refractivity contribution in [3.63, 3.8) is 0 Å². The quantitative estimate of drug-likeness (QED) is 0.652. The lowest BCUT2D eigenvalue weighted by Crippen LogP contribution is -2.15. The number of halogens is 1. The fourth-order valence-electron chi connectivity index (χ4n) is 2.59. The zero-order chi connectivity index (χ0) is 19.4. The van der Waals surface area contributed by atoms with E-state index >= 15 is 0 Å². The summed E-state index contributed by atoms with van der Waals surface area (Å²) in [4.78, 5) is 18.6. The van der Waals surface area contributed by atoms with Crippen molar-refractivity contribution < 1.29 is 9.18 Å². The Kier molecular flexibility index (Phi) is 5.81. The molecule has 0 aliphatic heterocycles. The molecule has 0 saturated carbocycles. The number of thioether (sulfide) groups is 1. The summed E-state index contributed by atoms with van der Waals surface area (Å²) in [6.45, 7) is 0. The fourth-order valence-corrected chi connectivity index (χ4v) is 3.34. The molecule has 1 aromatic heterocycles. The molecule has 3 aromatic rings. The van der Waals surface area contributed by atoms with Gasteiger partial charge in [-0.1, -0.05) is 11.8 Å². The van der Waals surface area contributed by atoms with Gasteiger partial charge in [0.15, 0.2) is 5.16 Å². The summed E-state index contributed by atoms with van der Waals surface area (Å²) in [6, 6.07) is 13.9. The van der Waals surface area contributed by atoms with E-state index in [1.54, 1.807) is 18.3 Å². The Morgan fingerprint density at radius 2 is 1.81 bits per heavy atom. The summed E-state index contributed by atoms with van der Waals surface area (Å²) >= 11 is 1.36. The van der Waals surface area contributed by atoms with Crippen LogP contribution in [0.5, 0.6) is 0 Å². The van der Waals surface area contributed by atoms with Gasteiger partial charge >= 0.3 is 0 Å². The molecule has 0 saturated heterocycles. The van der Waals surface area contributed by atoms with Crippen molar-refractivity contribution >= 4 is 29.0 Å². The minimum absolute atomic E-state index is 0.0936. The SMILES string of the molecule is CN(C)c1ccc(NC(=O)CSc2ncc(-c3ccc(F)cc3)n2C)cc1. The van der Waals surface area contributed by atoms with Gasteiger partial charge in [0.2, 0.25) is 5.91 Å². The van der Waals surface area contributed by atoms with E-state index in [1.807, 2.05) is 54.9 Å². The third kappa shape index (κ3) is 4.68. The molecule has 0 atom stereocenters. The molecule has 0 spiro atoms. The van der Waals surface area contributed by atoms with Crippen LogP contribution in [-0.2, 0) is 11.8 Å². The van der Waals surface area contributed by atoms with Crippen LogP contribution in [0.25, 0.3) is 11.3 Å². The van der Waals surface area contributed by atoms with E-state index < -0.39 is 0 Å². The molecular formula is C20H21FN4OS. The van der Waals surface area contributed by atoms with Crippen LogP contribution < -0.4 is 10.2 Å². The summed E-state index contributed by atoms with van der Waals surface area (Å²) in [5.41, 5.74) is 3.59. The predicted octanol–water partition coefficient (Wildman–Crippen LogP) is 4.02. The maximum atomic E-state index is 13.1. The highest BCUT2D eigenvalue weighted by atomic mass is 32.2. The molecule has 1 heterocycles. The molecule has 1 N–H and O–H groups in total. The molecule has 2 aromatic carbocycles. The van der Waals surface area contributed by atoms with Crippen LogP contribution >= 0.6 is 11.8 Å². The number of benzene rings is 2. The molecule has 0 radical (unpaired) electrons. The highest BCUT2D eigenvalue weighted by Crippen LogP contribution is 2.25. The van der Waals surface area contributed by atoms with E-state index in [0.29, 0.717) is 0 Å². The number of carbonyl (C=O) groups excluding carboxylic acids is 1. The van der Waals surface area contributed by atoms with Crippen molar-refractivity contribution in [2.75, 3.05) is 30.1 Å². The van der Waals surface area contributed by atoms with Crippen LogP contribution in [0.4, 0.5) is 15.8 Å². The lowest BCUT2D eigenvalue weighted by molar-refractivity contribution is -0.113. The monoisotopic (exact) mass is 384 g/mol. The maximum absolute atomic E-state index is 13.1. The van der Waals surface area contributed by atoms with Crippen LogP contribution in [0.2, 0.25) is 0 Å². The standard InChI is InChI=1S/C20H21FN4OS/c1-24(2)17-10-8-16(9-11-17)23-19(26)13-27-20-22-12-18(25(20)3)14-4-6-15(21)7-5-14/h4-12H,13H2,1-3H3,(H,23,26). The molecule has 0 aliphatic rings. The lowest BCUT2D eigenvalue weighted by Gasteiger charge is -2.13. The van der Waals surface area contributed by atoms with Gasteiger partial charge in [0.05, 0.1) is 17.6 Å². The Hall–Kier alpha value is -2.80. The smallest absolute Gasteiger partial charge is 0.234 e. The molecule has 0 bridgehead atoms. The molecule has 1 amide bonds. The van der Waals surface area contributed by atoms with Crippen LogP contribution in [0.1, 0.15) is 0 Å². The number of nitrogens with one attached hydrogen (secondary N) is 1. The molecular weight excluding hydrogens is 363 g/mol. The van der Waals surface area contributed by atoms with Crippen LogP contribution in [0, 0.1) is 5.82 Å². The Bertz CT molecular complexity index is 920. The largest absolute Gasteiger partial charge is 0.378 e. The lowest BCUT2D eigenvalue weighted by atomic mass is 10.2. The number of nitrogens with zero attached hydrogens (tertiary/aromatic N) is 3. The third-order valence-electron chi connectivity index (χ3n) is 4.09. The van der Waals surface area contributed by atoms with Gasteiger partial charge in [-0.3, -0.25) is 4.79 Å². The number of carbonyl (C=O) groups is 1. The molecule has 3 rings (SSSR count). The van der Waals surface area contributed by atoms with Crippen molar-refractivity contribution in [2.24, 2.45) is 7.05 Å². The first-order chi connectivity index (χ1) is 12.9. The van der Waals surface area contributed by atoms with Gasteiger partial charge in [-0.15, -0.1) is 0 Å². The van der Waals surface area contributed by atoms with E-state index in [1.165, 1.54) is 23.9 Å². The maximum Gasteiger partial charge on any atom is 0.234 e. The van der Waals surface area contributed by atoms with Crippen molar-refractivity contribution in [1.29, 1.82) is 0 Å². The van der Waals surface area contributed by atoms with Crippen molar-refractivity contribution in [1.82, 2.24) is 9.55 Å². The second kappa shape index (κ2) is 8.26. The Morgan fingerprint density at radius 3 is 2.44 bits per heavy atom. The van der Waals surface area contributed by atoms with E-state index in [0.717, 1.165) is 27.8 Å². The summed E-state index contributed by atoms with van der Waals surface area (Å²) < 4.78 is 15.0. The number of anilines is 2. The van der Waals surface area contributed by atoms with Gasteiger partial charge in [0.1, 0.15) is 5.82 Å². The van der Waals surface area contributed by atoms with Crippen LogP contribution in [-0.4, -0.2) is 35.3 Å². The van der Waals surface area contributed by atoms with Gasteiger partial charge < -0.3 is 14.8 Å². The molecule has 5 nitrogen and oxygen atoms in total. The van der Waals surface area contributed by atoms with Gasteiger partial charge in [0, 0.05) is 32.5 Å². The molecule has 140 valence electrons. The summed E-state index contributed by atoms with van der Waals surface area (Å²) in [6.07, 6.45) is 1.73. The van der Waals surface area contributed by atoms with Crippen molar-refractivity contribution in [2.45, 2.75) is 5.16 Å². The number of hydrogen-bond acceptors (Lipinski definition) is 4. The minimum Gasteiger partial charge on any atom is -0.378 e. The Morgan fingerprint density at radius 1 is 1.15 bits per heavy atom. The van der Waals surface area contributed by atoms with Gasteiger partial charge in [-0.2, -0.15) is 0 Å². The van der Waals surface area contributed by atoms with E-state index in [-0.39, 0.29) is 17.5 Å². The number of hydrogen-bond donors (Lipinski definition) is 1. The van der Waals surface area contributed by atoms with Gasteiger partial charge in [0.25, 0.3) is 0 Å². The number of imidazole rings is 1. The van der Waals surface area contributed by atoms with Gasteiger partial charge in [-0.25, -0.2) is 9.37 Å². The summed E-state index contributed by atoms with van der Waals surface area (Å²) in [5.74, 6) is -0.113. The second-order valence-electron chi connectivity index (χ2n) is 6.27. The highest BCUT2D eigenvalue weighted by Gasteiger charge is 2.11. The summed E-state index contributed by atoms with van der Waals surface area (Å²) in [5, 5.41) is 3.61. The Balaban J connectivity index is 1.60. The zero-order valence-corrected chi connectivity index (χ0v) is 16.3. The number of rotatable bonds is 6. The first kappa shape index (κ1) is 19.0. The first-order valence-electron chi connectivity index (χ1n) is 8.42. The minimum atomic E-state index is -0.272. The van der Waals surface area contributed by atoms with Crippen molar-refractivity contribution in [3.8, 4) is 11.3 Å². The summed E-state index contributed by atoms with van der Waals surface area (Å²) in [7, 11) is 5.82. The molecule has 0 unspecified atom stereocenters. The molecule has 0 fully saturated rings. The number of amides is 1. The van der Waals surface area contributed by atoms with E-state index in [2.05, 4.69) is 10.3 Å².